The van der Waals surface area contributed by atoms with Crippen molar-refractivity contribution in [2.75, 3.05) is 5.75 Å². The summed E-state index contributed by atoms with van der Waals surface area (Å²) in [5, 5.41) is 9.55. The van der Waals surface area contributed by atoms with Crippen LogP contribution in [0.2, 0.25) is 0 Å². The van der Waals surface area contributed by atoms with E-state index in [-0.39, 0.29) is 12.0 Å². The Morgan fingerprint density at radius 3 is 2.18 bits per heavy atom. The van der Waals surface area contributed by atoms with Crippen LogP contribution in [-0.2, 0) is 18.3 Å². The number of thioether (sulfide) groups is 1. The van der Waals surface area contributed by atoms with Crippen LogP contribution in [0.15, 0.2) is 29.4 Å². The molecule has 0 saturated heterocycles. The largest absolute Gasteiger partial charge is 0.483 e. The number of rotatable bonds is 9. The summed E-state index contributed by atoms with van der Waals surface area (Å²) in [6, 6.07) is 9.04. The first-order chi connectivity index (χ1) is 16.6. The molecule has 1 heterocycles. The van der Waals surface area contributed by atoms with Crippen molar-refractivity contribution in [2.45, 2.75) is 108 Å². The third-order valence-corrected chi connectivity index (χ3v) is 8.43. The molecule has 7 heteroatoms. The Morgan fingerprint density at radius 1 is 1.03 bits per heavy atom. The second-order valence-corrected chi connectivity index (χ2v) is 10.8. The Bertz CT molecular complexity index is 899. The van der Waals surface area contributed by atoms with Crippen LogP contribution in [0.3, 0.4) is 0 Å². The van der Waals surface area contributed by atoms with Gasteiger partial charge in [0, 0.05) is 19.1 Å². The number of aromatic nitrogens is 3. The van der Waals surface area contributed by atoms with Gasteiger partial charge < -0.3 is 14.2 Å². The Labute approximate surface area is 208 Å². The van der Waals surface area contributed by atoms with Gasteiger partial charge in [0.2, 0.25) is 5.91 Å². The standard InChI is InChI=1S/C27H40N4O2S/c1-4-21-15-17-24(18-16-21)33-20(2)26-28-29-27(30(26)3)34-19-25(32)31(22-11-7-5-8-12-22)23-13-9-6-10-14-23/h15-18,20,22-23H,4-14,19H2,1-3H3/t20-/m1/s1. The van der Waals surface area contributed by atoms with Gasteiger partial charge in [-0.1, -0.05) is 69.3 Å². The predicted molar refractivity (Wildman–Crippen MR) is 137 cm³/mol. The molecule has 1 aromatic carbocycles. The monoisotopic (exact) mass is 484 g/mol. The first-order valence-electron chi connectivity index (χ1n) is 13.2. The zero-order chi connectivity index (χ0) is 23.9. The lowest BCUT2D eigenvalue weighted by molar-refractivity contribution is -0.135. The molecule has 6 nitrogen and oxygen atoms in total. The van der Waals surface area contributed by atoms with Crippen molar-refractivity contribution in [2.24, 2.45) is 7.05 Å². The fraction of sp³-hybridized carbons (Fsp3) is 0.667. The molecule has 0 unspecified atom stereocenters. The molecule has 4 rings (SSSR count). The fourth-order valence-corrected chi connectivity index (χ4v) is 6.28. The molecule has 34 heavy (non-hydrogen) atoms. The van der Waals surface area contributed by atoms with Crippen LogP contribution in [0.1, 0.15) is 95.5 Å². The second-order valence-electron chi connectivity index (χ2n) is 9.83. The quantitative estimate of drug-likeness (QED) is 0.402. The Hall–Kier alpha value is -2.02. The maximum Gasteiger partial charge on any atom is 0.233 e. The van der Waals surface area contributed by atoms with Gasteiger partial charge in [-0.2, -0.15) is 0 Å². The van der Waals surface area contributed by atoms with Crippen LogP contribution < -0.4 is 4.74 Å². The van der Waals surface area contributed by atoms with Gasteiger partial charge in [-0.25, -0.2) is 0 Å². The second kappa shape index (κ2) is 12.1. The van der Waals surface area contributed by atoms with E-state index in [4.69, 9.17) is 4.74 Å². The van der Waals surface area contributed by atoms with E-state index >= 15 is 0 Å². The molecule has 1 aromatic heterocycles. The van der Waals surface area contributed by atoms with Crippen molar-refractivity contribution >= 4 is 17.7 Å². The number of ether oxygens (including phenoxy) is 1. The van der Waals surface area contributed by atoms with Crippen LogP contribution in [0, 0.1) is 0 Å². The van der Waals surface area contributed by atoms with E-state index in [0.717, 1.165) is 48.8 Å². The van der Waals surface area contributed by atoms with Gasteiger partial charge in [0.15, 0.2) is 17.1 Å². The topological polar surface area (TPSA) is 60.3 Å². The molecule has 2 aromatic rings. The highest BCUT2D eigenvalue weighted by molar-refractivity contribution is 7.99. The van der Waals surface area contributed by atoms with Gasteiger partial charge in [-0.05, 0) is 56.7 Å². The average molecular weight is 485 g/mol. The molecule has 2 aliphatic rings. The highest BCUT2D eigenvalue weighted by Crippen LogP contribution is 2.31. The molecular weight excluding hydrogens is 444 g/mol. The SMILES string of the molecule is CCc1ccc(O[C@H](C)c2nnc(SCC(=O)N(C3CCCCC3)C3CCCCC3)n2C)cc1. The van der Waals surface area contributed by atoms with Crippen molar-refractivity contribution < 1.29 is 9.53 Å². The summed E-state index contributed by atoms with van der Waals surface area (Å²) in [5.41, 5.74) is 1.29. The van der Waals surface area contributed by atoms with Crippen molar-refractivity contribution in [3.8, 4) is 5.75 Å². The van der Waals surface area contributed by atoms with Crippen molar-refractivity contribution in [1.29, 1.82) is 0 Å². The Balaban J connectivity index is 1.38. The highest BCUT2D eigenvalue weighted by atomic mass is 32.2. The van der Waals surface area contributed by atoms with Crippen molar-refractivity contribution in [3.05, 3.63) is 35.7 Å². The van der Waals surface area contributed by atoms with E-state index in [2.05, 4.69) is 34.2 Å². The maximum atomic E-state index is 13.5. The summed E-state index contributed by atoms with van der Waals surface area (Å²) in [6.45, 7) is 4.14. The summed E-state index contributed by atoms with van der Waals surface area (Å²) >= 11 is 1.50. The van der Waals surface area contributed by atoms with Gasteiger partial charge in [-0.15, -0.1) is 10.2 Å². The van der Waals surface area contributed by atoms with Gasteiger partial charge in [0.25, 0.3) is 0 Å². The lowest BCUT2D eigenvalue weighted by Crippen LogP contribution is -2.49. The van der Waals surface area contributed by atoms with Gasteiger partial charge in [-0.3, -0.25) is 4.79 Å². The number of hydrogen-bond acceptors (Lipinski definition) is 5. The Morgan fingerprint density at radius 2 is 1.62 bits per heavy atom. The first-order valence-corrected chi connectivity index (χ1v) is 14.1. The first kappa shape index (κ1) is 25.1. The highest BCUT2D eigenvalue weighted by Gasteiger charge is 2.32. The fourth-order valence-electron chi connectivity index (χ4n) is 5.49. The summed E-state index contributed by atoms with van der Waals surface area (Å²) in [7, 11) is 1.96. The molecule has 2 saturated carbocycles. The average Bonchev–Trinajstić information content (AvgIpc) is 3.25. The molecule has 0 aliphatic heterocycles. The minimum Gasteiger partial charge on any atom is -0.483 e. The molecule has 0 N–H and O–H groups in total. The van der Waals surface area contributed by atoms with E-state index in [1.165, 1.54) is 55.9 Å². The van der Waals surface area contributed by atoms with E-state index < -0.39 is 0 Å². The number of nitrogens with zero attached hydrogens (tertiary/aromatic N) is 4. The molecule has 0 bridgehead atoms. The van der Waals surface area contributed by atoms with Gasteiger partial charge in [0.05, 0.1) is 5.75 Å². The number of hydrogen-bond donors (Lipinski definition) is 0. The number of aryl methyl sites for hydroxylation is 1. The van der Waals surface area contributed by atoms with Gasteiger partial charge >= 0.3 is 0 Å². The molecule has 0 spiro atoms. The molecule has 2 fully saturated rings. The summed E-state index contributed by atoms with van der Waals surface area (Å²) in [5.74, 6) is 2.29. The van der Waals surface area contributed by atoms with E-state index in [1.54, 1.807) is 0 Å². The Kier molecular flexibility index (Phi) is 8.92. The smallest absolute Gasteiger partial charge is 0.233 e. The normalized spacial score (nSPS) is 18.6. The summed E-state index contributed by atoms with van der Waals surface area (Å²) in [6.07, 6.45) is 13.0. The third-order valence-electron chi connectivity index (χ3n) is 7.43. The van der Waals surface area contributed by atoms with E-state index in [0.29, 0.717) is 17.8 Å². The third kappa shape index (κ3) is 6.15. The zero-order valence-electron chi connectivity index (χ0n) is 21.0. The molecule has 1 atom stereocenters. The minimum absolute atomic E-state index is 0.226. The van der Waals surface area contributed by atoms with Crippen LogP contribution in [0.25, 0.3) is 0 Å². The lowest BCUT2D eigenvalue weighted by atomic mass is 9.88. The van der Waals surface area contributed by atoms with Crippen molar-refractivity contribution in [1.82, 2.24) is 19.7 Å². The van der Waals surface area contributed by atoms with Crippen LogP contribution in [0.5, 0.6) is 5.75 Å². The molecule has 0 radical (unpaired) electrons. The molecular formula is C27H40N4O2S. The predicted octanol–water partition coefficient (Wildman–Crippen LogP) is 6.10. The number of benzene rings is 1. The summed E-state index contributed by atoms with van der Waals surface area (Å²) < 4.78 is 8.08. The maximum absolute atomic E-state index is 13.5. The zero-order valence-corrected chi connectivity index (χ0v) is 21.9. The van der Waals surface area contributed by atoms with E-state index in [1.807, 2.05) is 30.7 Å². The molecule has 186 valence electrons. The number of carbonyl (C=O) groups excluding carboxylic acids is 1. The van der Waals surface area contributed by atoms with Gasteiger partial charge in [0.1, 0.15) is 5.75 Å². The minimum atomic E-state index is -0.226. The van der Waals surface area contributed by atoms with Crippen LogP contribution in [-0.4, -0.2) is 43.4 Å². The van der Waals surface area contributed by atoms with Crippen LogP contribution in [0.4, 0.5) is 0 Å². The molecule has 2 aliphatic carbocycles. The summed E-state index contributed by atoms with van der Waals surface area (Å²) in [4.78, 5) is 15.8. The van der Waals surface area contributed by atoms with E-state index in [9.17, 15) is 4.79 Å². The van der Waals surface area contributed by atoms with Crippen molar-refractivity contribution in [3.63, 3.8) is 0 Å². The molecule has 1 amide bonds. The van der Waals surface area contributed by atoms with Crippen LogP contribution >= 0.6 is 11.8 Å². The lowest BCUT2D eigenvalue weighted by Gasteiger charge is -2.41. The number of amides is 1. The number of carbonyl (C=O) groups is 1.